The highest BCUT2D eigenvalue weighted by molar-refractivity contribution is 5.88. The van der Waals surface area contributed by atoms with Gasteiger partial charge in [-0.3, -0.25) is 0 Å². The molecule has 1 N–H and O–H groups in total. The van der Waals surface area contributed by atoms with Crippen molar-refractivity contribution in [2.24, 2.45) is 0 Å². The lowest BCUT2D eigenvalue weighted by Crippen LogP contribution is -2.08. The maximum absolute atomic E-state index is 11.3. The van der Waals surface area contributed by atoms with Crippen LogP contribution in [0.5, 0.6) is 0 Å². The van der Waals surface area contributed by atoms with Crippen LogP contribution in [0.2, 0.25) is 0 Å². The van der Waals surface area contributed by atoms with Crippen LogP contribution < -0.4 is 0 Å². The van der Waals surface area contributed by atoms with Gasteiger partial charge in [-0.05, 0) is 30.2 Å². The maximum atomic E-state index is 11.3. The van der Waals surface area contributed by atoms with E-state index < -0.39 is 5.97 Å². The van der Waals surface area contributed by atoms with Crippen LogP contribution in [0, 0.1) is 0 Å². The maximum Gasteiger partial charge on any atom is 0.339 e. The SMILES string of the molecule is CC(C)c1nc(/C=C/c2nccn2-c2ccccc2)ncc1C(=O)O. The van der Waals surface area contributed by atoms with Crippen molar-refractivity contribution in [2.45, 2.75) is 19.8 Å². The summed E-state index contributed by atoms with van der Waals surface area (Å²) in [6.07, 6.45) is 8.50. The standard InChI is InChI=1S/C19H18N4O2/c1-13(2)18-15(19(24)25)12-21-16(22-18)8-9-17-20-10-11-23(17)14-6-4-3-5-7-14/h3-13H,1-2H3,(H,24,25)/b9-8+. The van der Waals surface area contributed by atoms with Gasteiger partial charge in [0.15, 0.2) is 5.82 Å². The second kappa shape index (κ2) is 7.09. The van der Waals surface area contributed by atoms with Gasteiger partial charge in [0, 0.05) is 24.3 Å². The van der Waals surface area contributed by atoms with Gasteiger partial charge in [-0.15, -0.1) is 0 Å². The molecule has 0 amide bonds. The number of carbonyl (C=O) groups is 1. The van der Waals surface area contributed by atoms with Crippen molar-refractivity contribution in [3.05, 3.63) is 71.8 Å². The summed E-state index contributed by atoms with van der Waals surface area (Å²) in [6, 6.07) is 9.88. The van der Waals surface area contributed by atoms with Crippen molar-refractivity contribution >= 4 is 18.1 Å². The number of imidazole rings is 1. The largest absolute Gasteiger partial charge is 0.478 e. The Bertz CT molecular complexity index is 914. The summed E-state index contributed by atoms with van der Waals surface area (Å²) in [4.78, 5) is 24.1. The Morgan fingerprint density at radius 2 is 1.92 bits per heavy atom. The van der Waals surface area contributed by atoms with E-state index in [-0.39, 0.29) is 11.5 Å². The van der Waals surface area contributed by atoms with Crippen LogP contribution in [0.25, 0.3) is 17.8 Å². The van der Waals surface area contributed by atoms with Crippen LogP contribution in [0.1, 0.15) is 47.5 Å². The third-order valence-electron chi connectivity index (χ3n) is 3.70. The number of benzene rings is 1. The lowest BCUT2D eigenvalue weighted by Gasteiger charge is -2.08. The number of carboxylic acid groups (broad SMARTS) is 1. The summed E-state index contributed by atoms with van der Waals surface area (Å²) in [6.45, 7) is 3.81. The Morgan fingerprint density at radius 1 is 1.16 bits per heavy atom. The second-order valence-electron chi connectivity index (χ2n) is 5.81. The molecule has 126 valence electrons. The molecule has 3 rings (SSSR count). The van der Waals surface area contributed by atoms with E-state index in [9.17, 15) is 9.90 Å². The van der Waals surface area contributed by atoms with Gasteiger partial charge in [0.1, 0.15) is 5.82 Å². The van der Waals surface area contributed by atoms with Crippen LogP contribution in [-0.4, -0.2) is 30.6 Å². The molecule has 0 unspecified atom stereocenters. The fraction of sp³-hybridized carbons (Fsp3) is 0.158. The molecule has 0 atom stereocenters. The zero-order valence-corrected chi connectivity index (χ0v) is 14.0. The van der Waals surface area contributed by atoms with Crippen LogP contribution in [0.15, 0.2) is 48.9 Å². The molecule has 0 fully saturated rings. The summed E-state index contributed by atoms with van der Waals surface area (Å²) in [7, 11) is 0. The van der Waals surface area contributed by atoms with Gasteiger partial charge in [-0.1, -0.05) is 32.0 Å². The number of aromatic nitrogens is 4. The number of rotatable bonds is 5. The molecule has 3 aromatic rings. The van der Waals surface area contributed by atoms with Crippen molar-refractivity contribution in [2.75, 3.05) is 0 Å². The van der Waals surface area contributed by atoms with Crippen molar-refractivity contribution in [1.29, 1.82) is 0 Å². The fourth-order valence-electron chi connectivity index (χ4n) is 2.49. The van der Waals surface area contributed by atoms with Gasteiger partial charge in [-0.2, -0.15) is 0 Å². The minimum atomic E-state index is -1.01. The fourth-order valence-corrected chi connectivity index (χ4v) is 2.49. The molecule has 6 nitrogen and oxygen atoms in total. The quantitative estimate of drug-likeness (QED) is 0.770. The molecule has 0 spiro atoms. The first kappa shape index (κ1) is 16.6. The van der Waals surface area contributed by atoms with Crippen LogP contribution in [-0.2, 0) is 0 Å². The number of carboxylic acids is 1. The lowest BCUT2D eigenvalue weighted by molar-refractivity contribution is 0.0694. The third-order valence-corrected chi connectivity index (χ3v) is 3.70. The van der Waals surface area contributed by atoms with Crippen molar-refractivity contribution in [3.8, 4) is 5.69 Å². The van der Waals surface area contributed by atoms with Crippen LogP contribution in [0.3, 0.4) is 0 Å². The molecule has 0 aliphatic heterocycles. The second-order valence-corrected chi connectivity index (χ2v) is 5.81. The number of aromatic carboxylic acids is 1. The lowest BCUT2D eigenvalue weighted by atomic mass is 10.1. The molecule has 0 saturated heterocycles. The number of para-hydroxylation sites is 1. The first-order valence-corrected chi connectivity index (χ1v) is 7.93. The first-order valence-electron chi connectivity index (χ1n) is 7.93. The Hall–Kier alpha value is -3.28. The predicted octanol–water partition coefficient (Wildman–Crippen LogP) is 3.65. The third kappa shape index (κ3) is 3.63. The van der Waals surface area contributed by atoms with E-state index in [0.29, 0.717) is 11.5 Å². The molecule has 2 heterocycles. The molecule has 6 heteroatoms. The van der Waals surface area contributed by atoms with E-state index in [1.54, 1.807) is 12.3 Å². The summed E-state index contributed by atoms with van der Waals surface area (Å²) in [5.74, 6) is 0.172. The summed E-state index contributed by atoms with van der Waals surface area (Å²) in [5.41, 5.74) is 1.66. The normalized spacial score (nSPS) is 11.3. The Labute approximate surface area is 145 Å². The van der Waals surface area contributed by atoms with Gasteiger partial charge >= 0.3 is 5.97 Å². The van der Waals surface area contributed by atoms with E-state index in [1.807, 2.05) is 61.0 Å². The zero-order valence-electron chi connectivity index (χ0n) is 14.0. The minimum Gasteiger partial charge on any atom is -0.478 e. The highest BCUT2D eigenvalue weighted by Crippen LogP contribution is 2.18. The number of nitrogens with zero attached hydrogens (tertiary/aromatic N) is 4. The zero-order chi connectivity index (χ0) is 17.8. The van der Waals surface area contributed by atoms with Gasteiger partial charge < -0.3 is 9.67 Å². The van der Waals surface area contributed by atoms with Crippen molar-refractivity contribution in [1.82, 2.24) is 19.5 Å². The Kier molecular flexibility index (Phi) is 4.70. The van der Waals surface area contributed by atoms with E-state index in [2.05, 4.69) is 15.0 Å². The van der Waals surface area contributed by atoms with Crippen molar-refractivity contribution < 1.29 is 9.90 Å². The average molecular weight is 334 g/mol. The van der Waals surface area contributed by atoms with E-state index in [1.165, 1.54) is 6.20 Å². The molecule has 0 aliphatic rings. The van der Waals surface area contributed by atoms with Gasteiger partial charge in [0.2, 0.25) is 0 Å². The van der Waals surface area contributed by atoms with E-state index in [0.717, 1.165) is 11.5 Å². The van der Waals surface area contributed by atoms with E-state index >= 15 is 0 Å². The topological polar surface area (TPSA) is 80.9 Å². The smallest absolute Gasteiger partial charge is 0.339 e. The van der Waals surface area contributed by atoms with Gasteiger partial charge in [0.25, 0.3) is 0 Å². The highest BCUT2D eigenvalue weighted by atomic mass is 16.4. The molecule has 0 saturated carbocycles. The summed E-state index contributed by atoms with van der Waals surface area (Å²) in [5, 5.41) is 9.24. The molecule has 1 aromatic carbocycles. The highest BCUT2D eigenvalue weighted by Gasteiger charge is 2.15. The van der Waals surface area contributed by atoms with Crippen LogP contribution in [0.4, 0.5) is 0 Å². The molecular weight excluding hydrogens is 316 g/mol. The monoisotopic (exact) mass is 334 g/mol. The predicted molar refractivity (Wildman–Crippen MR) is 95.6 cm³/mol. The minimum absolute atomic E-state index is 0.00689. The molecule has 25 heavy (non-hydrogen) atoms. The van der Waals surface area contributed by atoms with Gasteiger partial charge in [0.05, 0.1) is 11.3 Å². The molecular formula is C19H18N4O2. The Morgan fingerprint density at radius 3 is 2.60 bits per heavy atom. The van der Waals surface area contributed by atoms with Crippen LogP contribution >= 0.6 is 0 Å². The Balaban J connectivity index is 1.92. The molecule has 2 aromatic heterocycles. The summed E-state index contributed by atoms with van der Waals surface area (Å²) >= 11 is 0. The number of hydrogen-bond donors (Lipinski definition) is 1. The van der Waals surface area contributed by atoms with Gasteiger partial charge in [-0.25, -0.2) is 19.7 Å². The van der Waals surface area contributed by atoms with E-state index in [4.69, 9.17) is 0 Å². The molecule has 0 aliphatic carbocycles. The summed E-state index contributed by atoms with van der Waals surface area (Å²) < 4.78 is 1.95. The number of hydrogen-bond acceptors (Lipinski definition) is 4. The molecule has 0 bridgehead atoms. The molecule has 0 radical (unpaired) electrons. The van der Waals surface area contributed by atoms with Crippen molar-refractivity contribution in [3.63, 3.8) is 0 Å². The average Bonchev–Trinajstić information content (AvgIpc) is 3.09. The first-order chi connectivity index (χ1) is 12.1.